The smallest absolute Gasteiger partial charge is 0.0144 e. The molecule has 0 radical (unpaired) electrons. The molecular formula is C21H28. The minimum Gasteiger partial charge on any atom is -0.0619 e. The molecule has 0 saturated heterocycles. The highest BCUT2D eigenvalue weighted by Crippen LogP contribution is 2.36. The first-order chi connectivity index (χ1) is 9.91. The molecular weight excluding hydrogens is 252 g/mol. The lowest BCUT2D eigenvalue weighted by Gasteiger charge is -2.20. The minimum absolute atomic E-state index is 0.543. The summed E-state index contributed by atoms with van der Waals surface area (Å²) in [4.78, 5) is 0. The van der Waals surface area contributed by atoms with Gasteiger partial charge in [0.2, 0.25) is 0 Å². The molecule has 0 nitrogen and oxygen atoms in total. The maximum Gasteiger partial charge on any atom is -0.0144 e. The molecule has 112 valence electrons. The van der Waals surface area contributed by atoms with Gasteiger partial charge < -0.3 is 0 Å². The molecule has 0 aliphatic carbocycles. The minimum atomic E-state index is 0.543. The molecule has 0 aromatic heterocycles. The Hall–Kier alpha value is -1.56. The van der Waals surface area contributed by atoms with Gasteiger partial charge in [0.05, 0.1) is 0 Å². The summed E-state index contributed by atoms with van der Waals surface area (Å²) in [7, 11) is 0. The number of hydrogen-bond acceptors (Lipinski definition) is 0. The lowest BCUT2D eigenvalue weighted by molar-refractivity contribution is 0.842. The van der Waals surface area contributed by atoms with Crippen molar-refractivity contribution in [2.24, 2.45) is 0 Å². The maximum absolute atomic E-state index is 2.40. The summed E-state index contributed by atoms with van der Waals surface area (Å²) in [5.41, 5.74) is 7.14. The van der Waals surface area contributed by atoms with Gasteiger partial charge in [-0.05, 0) is 45.6 Å². The van der Waals surface area contributed by atoms with Crippen LogP contribution in [0.25, 0.3) is 11.1 Å². The van der Waals surface area contributed by atoms with E-state index in [0.29, 0.717) is 17.8 Å². The number of benzene rings is 2. The van der Waals surface area contributed by atoms with Gasteiger partial charge in [-0.25, -0.2) is 0 Å². The second-order valence-corrected chi connectivity index (χ2v) is 6.90. The van der Waals surface area contributed by atoms with Crippen molar-refractivity contribution >= 4 is 0 Å². The largest absolute Gasteiger partial charge is 0.0619 e. The van der Waals surface area contributed by atoms with E-state index in [2.05, 4.69) is 84.0 Å². The molecule has 0 amide bonds. The topological polar surface area (TPSA) is 0 Å². The molecule has 21 heavy (non-hydrogen) atoms. The predicted molar refractivity (Wildman–Crippen MR) is 94.1 cm³/mol. The van der Waals surface area contributed by atoms with Gasteiger partial charge in [-0.1, -0.05) is 84.0 Å². The van der Waals surface area contributed by atoms with Gasteiger partial charge in [0.25, 0.3) is 0 Å². The standard InChI is InChI=1S/C21H28/c1-14(2)17-11-12-19(16(5)6)21(13-17)20-10-8-7-9-18(20)15(3)4/h7-16H,1-6H3. The Kier molecular flexibility index (Phi) is 4.88. The van der Waals surface area contributed by atoms with Crippen molar-refractivity contribution < 1.29 is 0 Å². The summed E-state index contributed by atoms with van der Waals surface area (Å²) in [5, 5.41) is 0. The van der Waals surface area contributed by atoms with E-state index in [-0.39, 0.29) is 0 Å². The van der Waals surface area contributed by atoms with E-state index in [1.54, 1.807) is 0 Å². The highest BCUT2D eigenvalue weighted by atomic mass is 14.2. The van der Waals surface area contributed by atoms with Crippen molar-refractivity contribution in [2.75, 3.05) is 0 Å². The van der Waals surface area contributed by atoms with Gasteiger partial charge in [0.15, 0.2) is 0 Å². The Morgan fingerprint density at radius 1 is 0.571 bits per heavy atom. The number of rotatable bonds is 4. The normalized spacial score (nSPS) is 11.7. The van der Waals surface area contributed by atoms with Gasteiger partial charge in [0, 0.05) is 0 Å². The van der Waals surface area contributed by atoms with Gasteiger partial charge in [-0.2, -0.15) is 0 Å². The molecule has 0 fully saturated rings. The molecule has 2 aromatic rings. The van der Waals surface area contributed by atoms with Crippen LogP contribution >= 0.6 is 0 Å². The Morgan fingerprint density at radius 2 is 1.14 bits per heavy atom. The summed E-state index contributed by atoms with van der Waals surface area (Å²) < 4.78 is 0. The quantitative estimate of drug-likeness (QED) is 0.583. The van der Waals surface area contributed by atoms with Gasteiger partial charge in [0.1, 0.15) is 0 Å². The van der Waals surface area contributed by atoms with E-state index >= 15 is 0 Å². The third kappa shape index (κ3) is 3.37. The van der Waals surface area contributed by atoms with Crippen LogP contribution in [-0.2, 0) is 0 Å². The second-order valence-electron chi connectivity index (χ2n) is 6.90. The first-order valence-corrected chi connectivity index (χ1v) is 8.15. The van der Waals surface area contributed by atoms with Crippen LogP contribution in [0, 0.1) is 0 Å². The Bertz CT molecular complexity index is 603. The zero-order valence-electron chi connectivity index (χ0n) is 14.3. The second kappa shape index (κ2) is 6.47. The van der Waals surface area contributed by atoms with E-state index in [9.17, 15) is 0 Å². The van der Waals surface area contributed by atoms with Gasteiger partial charge in [-0.3, -0.25) is 0 Å². The van der Waals surface area contributed by atoms with Crippen LogP contribution in [0.4, 0.5) is 0 Å². The van der Waals surface area contributed by atoms with Crippen LogP contribution < -0.4 is 0 Å². The first-order valence-electron chi connectivity index (χ1n) is 8.15. The summed E-state index contributed by atoms with van der Waals surface area (Å²) in [5.74, 6) is 1.65. The molecule has 0 N–H and O–H groups in total. The summed E-state index contributed by atoms with van der Waals surface area (Å²) >= 11 is 0. The molecule has 0 unspecified atom stereocenters. The summed E-state index contributed by atoms with van der Waals surface area (Å²) in [6.07, 6.45) is 0. The van der Waals surface area contributed by atoms with Crippen molar-refractivity contribution in [3.63, 3.8) is 0 Å². The molecule has 0 saturated carbocycles. The van der Waals surface area contributed by atoms with E-state index in [0.717, 1.165) is 0 Å². The van der Waals surface area contributed by atoms with Crippen LogP contribution in [0.5, 0.6) is 0 Å². The van der Waals surface area contributed by atoms with Crippen molar-refractivity contribution in [1.82, 2.24) is 0 Å². The van der Waals surface area contributed by atoms with E-state index in [1.807, 2.05) is 0 Å². The molecule has 0 atom stereocenters. The average molecular weight is 280 g/mol. The molecule has 2 aromatic carbocycles. The van der Waals surface area contributed by atoms with Crippen LogP contribution in [-0.4, -0.2) is 0 Å². The summed E-state index contributed by atoms with van der Waals surface area (Å²) in [6.45, 7) is 13.7. The molecule has 0 heterocycles. The molecule has 0 spiro atoms. The fraction of sp³-hybridized carbons (Fsp3) is 0.429. The Labute approximate surface area is 130 Å². The fourth-order valence-electron chi connectivity index (χ4n) is 2.92. The fourth-order valence-corrected chi connectivity index (χ4v) is 2.92. The SMILES string of the molecule is CC(C)c1ccc(C(C)C)c(-c2ccccc2C(C)C)c1. The van der Waals surface area contributed by atoms with Crippen LogP contribution in [0.2, 0.25) is 0 Å². The van der Waals surface area contributed by atoms with Crippen molar-refractivity contribution in [2.45, 2.75) is 59.3 Å². The monoisotopic (exact) mass is 280 g/mol. The Balaban J connectivity index is 2.69. The maximum atomic E-state index is 2.40. The lowest BCUT2D eigenvalue weighted by atomic mass is 9.85. The zero-order valence-corrected chi connectivity index (χ0v) is 14.3. The van der Waals surface area contributed by atoms with Crippen molar-refractivity contribution in [3.05, 3.63) is 59.2 Å². The number of hydrogen-bond donors (Lipinski definition) is 0. The predicted octanol–water partition coefficient (Wildman–Crippen LogP) is 6.72. The highest BCUT2D eigenvalue weighted by Gasteiger charge is 2.15. The lowest BCUT2D eigenvalue weighted by Crippen LogP contribution is -1.99. The summed E-state index contributed by atoms with van der Waals surface area (Å²) in [6, 6.07) is 15.9. The van der Waals surface area contributed by atoms with Crippen molar-refractivity contribution in [1.29, 1.82) is 0 Å². The molecule has 0 heteroatoms. The molecule has 0 bridgehead atoms. The van der Waals surface area contributed by atoms with E-state index < -0.39 is 0 Å². The molecule has 0 aliphatic rings. The zero-order chi connectivity index (χ0) is 15.6. The van der Waals surface area contributed by atoms with Gasteiger partial charge >= 0.3 is 0 Å². The highest BCUT2D eigenvalue weighted by molar-refractivity contribution is 5.72. The molecule has 0 aliphatic heterocycles. The molecule has 2 rings (SSSR count). The van der Waals surface area contributed by atoms with Crippen LogP contribution in [0.1, 0.15) is 76.0 Å². The Morgan fingerprint density at radius 3 is 1.71 bits per heavy atom. The van der Waals surface area contributed by atoms with Crippen LogP contribution in [0.3, 0.4) is 0 Å². The van der Waals surface area contributed by atoms with Crippen LogP contribution in [0.15, 0.2) is 42.5 Å². The third-order valence-electron chi connectivity index (χ3n) is 4.24. The van der Waals surface area contributed by atoms with E-state index in [4.69, 9.17) is 0 Å². The third-order valence-corrected chi connectivity index (χ3v) is 4.24. The average Bonchev–Trinajstić information content (AvgIpc) is 2.46. The van der Waals surface area contributed by atoms with E-state index in [1.165, 1.54) is 27.8 Å². The first kappa shape index (κ1) is 15.8. The van der Waals surface area contributed by atoms with Crippen molar-refractivity contribution in [3.8, 4) is 11.1 Å². The van der Waals surface area contributed by atoms with Gasteiger partial charge in [-0.15, -0.1) is 0 Å².